The largest absolute Gasteiger partial charge is 0.495 e. The summed E-state index contributed by atoms with van der Waals surface area (Å²) >= 11 is 12.4. The van der Waals surface area contributed by atoms with Crippen LogP contribution in [0.5, 0.6) is 5.75 Å². The third-order valence-electron chi connectivity index (χ3n) is 4.34. The number of halogens is 2. The molecule has 0 amide bonds. The number of hydrogen-bond acceptors (Lipinski definition) is 3. The van der Waals surface area contributed by atoms with E-state index in [0.717, 1.165) is 16.7 Å². The molecule has 0 saturated carbocycles. The van der Waals surface area contributed by atoms with Gasteiger partial charge in [0.2, 0.25) is 10.0 Å². The van der Waals surface area contributed by atoms with E-state index in [9.17, 15) is 8.42 Å². The van der Waals surface area contributed by atoms with E-state index in [1.165, 1.54) is 19.2 Å². The van der Waals surface area contributed by atoms with Crippen LogP contribution in [0.15, 0.2) is 71.6 Å². The first-order chi connectivity index (χ1) is 13.3. The summed E-state index contributed by atoms with van der Waals surface area (Å²) in [7, 11) is -2.53. The van der Waals surface area contributed by atoms with Crippen molar-refractivity contribution in [2.24, 2.45) is 0 Å². The molecule has 0 fully saturated rings. The van der Waals surface area contributed by atoms with Gasteiger partial charge in [0.05, 0.1) is 18.2 Å². The molecule has 0 radical (unpaired) electrons. The first-order valence-electron chi connectivity index (χ1n) is 8.49. The predicted octanol–water partition coefficient (Wildman–Crippen LogP) is 5.38. The molecule has 1 atom stereocenters. The maximum Gasteiger partial charge on any atom is 0.242 e. The zero-order valence-electron chi connectivity index (χ0n) is 15.3. The average Bonchev–Trinajstić information content (AvgIpc) is 2.69. The van der Waals surface area contributed by atoms with Gasteiger partial charge in [0.1, 0.15) is 15.7 Å². The van der Waals surface area contributed by atoms with Crippen molar-refractivity contribution in [2.75, 3.05) is 7.11 Å². The first kappa shape index (κ1) is 20.7. The van der Waals surface area contributed by atoms with Gasteiger partial charge in [0, 0.05) is 0 Å². The van der Waals surface area contributed by atoms with Crippen molar-refractivity contribution >= 4 is 33.2 Å². The van der Waals surface area contributed by atoms with Crippen LogP contribution in [-0.2, 0) is 10.0 Å². The molecule has 28 heavy (non-hydrogen) atoms. The number of hydrogen-bond donors (Lipinski definition) is 1. The summed E-state index contributed by atoms with van der Waals surface area (Å²) in [5.41, 5.74) is 2.71. The lowest BCUT2D eigenvalue weighted by molar-refractivity contribution is 0.414. The van der Waals surface area contributed by atoms with E-state index in [0.29, 0.717) is 5.75 Å². The Labute approximate surface area is 175 Å². The van der Waals surface area contributed by atoms with Gasteiger partial charge < -0.3 is 4.74 Å². The van der Waals surface area contributed by atoms with Crippen LogP contribution >= 0.6 is 23.2 Å². The fourth-order valence-corrected chi connectivity index (χ4v) is 4.88. The van der Waals surface area contributed by atoms with Crippen LogP contribution < -0.4 is 9.46 Å². The highest BCUT2D eigenvalue weighted by Gasteiger charge is 2.26. The lowest BCUT2D eigenvalue weighted by Gasteiger charge is -2.21. The Morgan fingerprint density at radius 1 is 0.857 bits per heavy atom. The number of nitrogens with one attached hydrogen (secondary N) is 1. The standard InChI is InChI=1S/C21H19Cl2NO3S/c1-14-8-10-16(11-9-14)21(15-6-4-3-5-7-15)24-28(25,26)18-13-12-17(27-2)19(22)20(18)23/h3-13,21,24H,1-2H3/t21-/m1/s1. The normalized spacial score (nSPS) is 12.6. The molecule has 3 rings (SSSR count). The summed E-state index contributed by atoms with van der Waals surface area (Å²) in [5.74, 6) is 0.309. The molecule has 1 N–H and O–H groups in total. The van der Waals surface area contributed by atoms with Crippen molar-refractivity contribution in [3.63, 3.8) is 0 Å². The molecule has 0 aromatic heterocycles. The molecule has 0 bridgehead atoms. The summed E-state index contributed by atoms with van der Waals surface area (Å²) in [4.78, 5) is -0.104. The van der Waals surface area contributed by atoms with Crippen LogP contribution in [0.25, 0.3) is 0 Å². The first-order valence-corrected chi connectivity index (χ1v) is 10.7. The molecular formula is C21H19Cl2NO3S. The van der Waals surface area contributed by atoms with Gasteiger partial charge in [-0.1, -0.05) is 83.4 Å². The fourth-order valence-electron chi connectivity index (χ4n) is 2.83. The third-order valence-corrected chi connectivity index (χ3v) is 6.78. The predicted molar refractivity (Wildman–Crippen MR) is 113 cm³/mol. The van der Waals surface area contributed by atoms with Crippen LogP contribution in [0.4, 0.5) is 0 Å². The van der Waals surface area contributed by atoms with Crippen molar-refractivity contribution < 1.29 is 13.2 Å². The number of aryl methyl sites for hydroxylation is 1. The molecule has 3 aromatic carbocycles. The molecule has 7 heteroatoms. The molecule has 0 spiro atoms. The minimum absolute atomic E-state index is 0.0543. The Morgan fingerprint density at radius 2 is 1.46 bits per heavy atom. The van der Waals surface area contributed by atoms with Gasteiger partial charge in [0.25, 0.3) is 0 Å². The minimum atomic E-state index is -3.97. The monoisotopic (exact) mass is 435 g/mol. The summed E-state index contributed by atoms with van der Waals surface area (Å²) in [5, 5.41) is -0.0251. The van der Waals surface area contributed by atoms with Crippen molar-refractivity contribution in [3.8, 4) is 5.75 Å². The topological polar surface area (TPSA) is 55.4 Å². The van der Waals surface area contributed by atoms with E-state index in [4.69, 9.17) is 27.9 Å². The molecule has 0 heterocycles. The van der Waals surface area contributed by atoms with E-state index in [1.54, 1.807) is 0 Å². The Balaban J connectivity index is 2.05. The van der Waals surface area contributed by atoms with E-state index < -0.39 is 16.1 Å². The molecular weight excluding hydrogens is 417 g/mol. The molecule has 0 aliphatic rings. The highest BCUT2D eigenvalue weighted by Crippen LogP contribution is 2.37. The van der Waals surface area contributed by atoms with Crippen molar-refractivity contribution in [3.05, 3.63) is 93.5 Å². The maximum atomic E-state index is 13.1. The van der Waals surface area contributed by atoms with E-state index in [1.807, 2.05) is 61.5 Å². The molecule has 0 unspecified atom stereocenters. The molecule has 0 aliphatic carbocycles. The van der Waals surface area contributed by atoms with Gasteiger partial charge in [-0.05, 0) is 30.2 Å². The molecule has 4 nitrogen and oxygen atoms in total. The number of sulfonamides is 1. The average molecular weight is 436 g/mol. The number of methoxy groups -OCH3 is 1. The number of ether oxygens (including phenoxy) is 1. The lowest BCUT2D eigenvalue weighted by atomic mass is 9.99. The quantitative estimate of drug-likeness (QED) is 0.565. The van der Waals surface area contributed by atoms with E-state index in [-0.39, 0.29) is 14.9 Å². The van der Waals surface area contributed by atoms with Gasteiger partial charge in [-0.25, -0.2) is 8.42 Å². The zero-order valence-corrected chi connectivity index (χ0v) is 17.6. The van der Waals surface area contributed by atoms with Crippen LogP contribution in [-0.4, -0.2) is 15.5 Å². The van der Waals surface area contributed by atoms with Crippen LogP contribution in [0.3, 0.4) is 0 Å². The van der Waals surface area contributed by atoms with Gasteiger partial charge in [0.15, 0.2) is 0 Å². The number of rotatable bonds is 6. The molecule has 146 valence electrons. The third kappa shape index (κ3) is 4.33. The van der Waals surface area contributed by atoms with E-state index in [2.05, 4.69) is 4.72 Å². The van der Waals surface area contributed by atoms with Gasteiger partial charge >= 0.3 is 0 Å². The Kier molecular flexibility index (Phi) is 6.30. The molecule has 0 aliphatic heterocycles. The summed E-state index contributed by atoms with van der Waals surface area (Å²) in [6, 6.07) is 19.3. The lowest BCUT2D eigenvalue weighted by Crippen LogP contribution is -2.29. The smallest absolute Gasteiger partial charge is 0.242 e. The van der Waals surface area contributed by atoms with E-state index >= 15 is 0 Å². The van der Waals surface area contributed by atoms with Crippen molar-refractivity contribution in [1.29, 1.82) is 0 Å². The molecule has 3 aromatic rings. The second-order valence-electron chi connectivity index (χ2n) is 6.27. The summed E-state index contributed by atoms with van der Waals surface area (Å²) < 4.78 is 34.1. The van der Waals surface area contributed by atoms with Crippen LogP contribution in [0.2, 0.25) is 10.0 Å². The number of benzene rings is 3. The van der Waals surface area contributed by atoms with Crippen molar-refractivity contribution in [2.45, 2.75) is 17.9 Å². The van der Waals surface area contributed by atoms with Crippen LogP contribution in [0.1, 0.15) is 22.7 Å². The second-order valence-corrected chi connectivity index (χ2v) is 8.71. The zero-order chi connectivity index (χ0) is 20.3. The fraction of sp³-hybridized carbons (Fsp3) is 0.143. The minimum Gasteiger partial charge on any atom is -0.495 e. The Morgan fingerprint density at radius 3 is 2.07 bits per heavy atom. The highest BCUT2D eigenvalue weighted by atomic mass is 35.5. The van der Waals surface area contributed by atoms with Gasteiger partial charge in [-0.3, -0.25) is 0 Å². The van der Waals surface area contributed by atoms with Gasteiger partial charge in [-0.15, -0.1) is 0 Å². The summed E-state index contributed by atoms with van der Waals surface area (Å²) in [6.45, 7) is 1.98. The SMILES string of the molecule is COc1ccc(S(=O)(=O)N[C@H](c2ccccc2)c2ccc(C)cc2)c(Cl)c1Cl. The van der Waals surface area contributed by atoms with Crippen molar-refractivity contribution in [1.82, 2.24) is 4.72 Å². The summed E-state index contributed by atoms with van der Waals surface area (Å²) in [6.07, 6.45) is 0. The maximum absolute atomic E-state index is 13.1. The highest BCUT2D eigenvalue weighted by molar-refractivity contribution is 7.89. The second kappa shape index (κ2) is 8.53. The van der Waals surface area contributed by atoms with Crippen LogP contribution in [0, 0.1) is 6.92 Å². The Bertz CT molecular complexity index is 1070. The van der Waals surface area contributed by atoms with Gasteiger partial charge in [-0.2, -0.15) is 4.72 Å². The Hall–Kier alpha value is -2.05. The molecule has 0 saturated heterocycles.